The van der Waals surface area contributed by atoms with E-state index < -0.39 is 0 Å². The van der Waals surface area contributed by atoms with E-state index in [0.717, 1.165) is 6.42 Å². The van der Waals surface area contributed by atoms with Crippen LogP contribution >= 0.6 is 0 Å². The molecule has 1 radical (unpaired) electrons. The molecule has 32 heavy (non-hydrogen) atoms. The first kappa shape index (κ1) is 31.9. The maximum Gasteiger partial charge on any atom is 3.00 e. The Hall–Kier alpha value is -0.0969. The molecule has 0 nitrogen and oxygen atoms in total. The SMILES string of the molecule is CC(C)(C)c1[c-]c2c(cc1C(C)(C)C)-c1cc(C(C)(C)C)c(C(C)(C)C)cc1C2.[Cl-].[Cl-].[Zr+3]. The molecule has 0 aliphatic heterocycles. The van der Waals surface area contributed by atoms with Crippen LogP contribution in [0.3, 0.4) is 0 Å². The first-order chi connectivity index (χ1) is 12.9. The molecular formula is C29H41Cl2Zr. The predicted molar refractivity (Wildman–Crippen MR) is 128 cm³/mol. The van der Waals surface area contributed by atoms with Gasteiger partial charge < -0.3 is 24.8 Å². The summed E-state index contributed by atoms with van der Waals surface area (Å²) in [6.07, 6.45) is 1.01. The molecule has 0 bridgehead atoms. The molecule has 1 aliphatic rings. The van der Waals surface area contributed by atoms with E-state index in [4.69, 9.17) is 0 Å². The summed E-state index contributed by atoms with van der Waals surface area (Å²) in [6, 6.07) is 11.4. The summed E-state index contributed by atoms with van der Waals surface area (Å²) in [6.45, 7) is 28.0. The summed E-state index contributed by atoms with van der Waals surface area (Å²) in [5.74, 6) is 0. The third-order valence-corrected chi connectivity index (χ3v) is 6.23. The van der Waals surface area contributed by atoms with Crippen LogP contribution in [0, 0.1) is 6.07 Å². The van der Waals surface area contributed by atoms with Gasteiger partial charge in [-0.3, -0.25) is 0 Å². The maximum absolute atomic E-state index is 3.90. The fraction of sp³-hybridized carbons (Fsp3) is 0.586. The van der Waals surface area contributed by atoms with Gasteiger partial charge in [-0.1, -0.05) is 106 Å². The molecule has 0 amide bonds. The van der Waals surface area contributed by atoms with Crippen LogP contribution in [0.5, 0.6) is 0 Å². The number of fused-ring (bicyclic) bond motifs is 3. The molecule has 3 heteroatoms. The van der Waals surface area contributed by atoms with Gasteiger partial charge in [-0.05, 0) is 39.4 Å². The van der Waals surface area contributed by atoms with E-state index in [1.54, 1.807) is 0 Å². The normalized spacial score (nSPS) is 13.4. The molecule has 1 aliphatic carbocycles. The zero-order chi connectivity index (χ0) is 22.2. The van der Waals surface area contributed by atoms with Gasteiger partial charge in [0.05, 0.1) is 0 Å². The van der Waals surface area contributed by atoms with Crippen LogP contribution in [0.25, 0.3) is 11.1 Å². The molecule has 0 unspecified atom stereocenters. The Morgan fingerprint density at radius 1 is 0.562 bits per heavy atom. The number of benzene rings is 2. The molecule has 2 aromatic carbocycles. The van der Waals surface area contributed by atoms with Crippen molar-refractivity contribution < 1.29 is 51.0 Å². The van der Waals surface area contributed by atoms with Gasteiger partial charge in [0.25, 0.3) is 0 Å². The first-order valence-electron chi connectivity index (χ1n) is 11.2. The number of hydrogen-bond donors (Lipinski definition) is 0. The van der Waals surface area contributed by atoms with Gasteiger partial charge in [0, 0.05) is 0 Å². The molecule has 0 atom stereocenters. The number of rotatable bonds is 0. The summed E-state index contributed by atoms with van der Waals surface area (Å²) >= 11 is 0. The fourth-order valence-corrected chi connectivity index (χ4v) is 4.62. The third-order valence-electron chi connectivity index (χ3n) is 6.23. The molecular weight excluding hydrogens is 510 g/mol. The van der Waals surface area contributed by atoms with Gasteiger partial charge in [-0.15, -0.1) is 16.7 Å². The zero-order valence-corrected chi connectivity index (χ0v) is 26.2. The second-order valence-corrected chi connectivity index (χ2v) is 13.2. The minimum atomic E-state index is 0. The van der Waals surface area contributed by atoms with E-state index in [1.807, 2.05) is 0 Å². The molecule has 0 fully saturated rings. The van der Waals surface area contributed by atoms with Crippen molar-refractivity contribution in [3.05, 3.63) is 57.6 Å². The first-order valence-corrected chi connectivity index (χ1v) is 11.2. The average Bonchev–Trinajstić information content (AvgIpc) is 2.86. The molecule has 0 heterocycles. The van der Waals surface area contributed by atoms with E-state index >= 15 is 0 Å². The fourth-order valence-electron chi connectivity index (χ4n) is 4.62. The molecule has 0 spiro atoms. The van der Waals surface area contributed by atoms with Crippen molar-refractivity contribution in [1.29, 1.82) is 0 Å². The minimum Gasteiger partial charge on any atom is -1.00 e. The van der Waals surface area contributed by atoms with E-state index in [-0.39, 0.29) is 72.7 Å². The smallest absolute Gasteiger partial charge is 1.00 e. The van der Waals surface area contributed by atoms with Crippen LogP contribution < -0.4 is 24.8 Å². The Balaban J connectivity index is 0.00000320. The van der Waals surface area contributed by atoms with E-state index in [1.165, 1.54) is 44.5 Å². The Kier molecular flexibility index (Phi) is 9.84. The van der Waals surface area contributed by atoms with Crippen LogP contribution in [0.2, 0.25) is 0 Å². The largest absolute Gasteiger partial charge is 3.00 e. The Morgan fingerprint density at radius 3 is 1.38 bits per heavy atom. The number of halogens is 2. The molecule has 3 rings (SSSR count). The van der Waals surface area contributed by atoms with Crippen molar-refractivity contribution in [1.82, 2.24) is 0 Å². The average molecular weight is 552 g/mol. The van der Waals surface area contributed by atoms with Crippen molar-refractivity contribution in [2.45, 2.75) is 111 Å². The molecule has 0 N–H and O–H groups in total. The van der Waals surface area contributed by atoms with E-state index in [0.29, 0.717) is 0 Å². The Bertz CT molecular complexity index is 880. The maximum atomic E-state index is 3.90. The molecule has 0 saturated heterocycles. The van der Waals surface area contributed by atoms with E-state index in [2.05, 4.69) is 107 Å². The van der Waals surface area contributed by atoms with Crippen molar-refractivity contribution in [3.63, 3.8) is 0 Å². The van der Waals surface area contributed by atoms with Crippen molar-refractivity contribution in [2.24, 2.45) is 0 Å². The molecule has 175 valence electrons. The van der Waals surface area contributed by atoms with Crippen LogP contribution in [-0.4, -0.2) is 0 Å². The Labute approximate surface area is 229 Å². The van der Waals surface area contributed by atoms with Crippen molar-refractivity contribution in [2.75, 3.05) is 0 Å². The monoisotopic (exact) mass is 549 g/mol. The van der Waals surface area contributed by atoms with Crippen LogP contribution in [0.1, 0.15) is 116 Å². The molecule has 0 saturated carbocycles. The van der Waals surface area contributed by atoms with Crippen LogP contribution in [0.15, 0.2) is 18.2 Å². The summed E-state index contributed by atoms with van der Waals surface area (Å²) in [5, 5.41) is 0. The minimum absolute atomic E-state index is 0. The van der Waals surface area contributed by atoms with E-state index in [9.17, 15) is 0 Å². The second kappa shape index (κ2) is 9.87. The topological polar surface area (TPSA) is 0 Å². The summed E-state index contributed by atoms with van der Waals surface area (Å²) in [5.41, 5.74) is 11.9. The number of hydrogen-bond acceptors (Lipinski definition) is 0. The van der Waals surface area contributed by atoms with Gasteiger partial charge in [0.1, 0.15) is 0 Å². The Morgan fingerprint density at radius 2 is 0.969 bits per heavy atom. The standard InChI is InChI=1S/C29H41.2ClH.Zr/c1-26(2,3)22-14-18-13-19-15-23(27(4,5)6)25(29(10,11)12)17-21(19)20(18)16-24(22)28(7,8)9;;;/h14,16-17H,13H2,1-12H3;2*1H;/q-1;;;+3/p-2. The van der Waals surface area contributed by atoms with Crippen molar-refractivity contribution >= 4 is 0 Å². The second-order valence-electron chi connectivity index (χ2n) is 13.2. The zero-order valence-electron chi connectivity index (χ0n) is 22.2. The van der Waals surface area contributed by atoms with Gasteiger partial charge in [-0.25, -0.2) is 0 Å². The van der Waals surface area contributed by atoms with Gasteiger partial charge >= 0.3 is 26.2 Å². The van der Waals surface area contributed by atoms with Gasteiger partial charge in [0.2, 0.25) is 0 Å². The van der Waals surface area contributed by atoms with Crippen LogP contribution in [0.4, 0.5) is 0 Å². The quantitative estimate of drug-likeness (QED) is 0.376. The summed E-state index contributed by atoms with van der Waals surface area (Å²) < 4.78 is 0. The van der Waals surface area contributed by atoms with Crippen LogP contribution in [-0.2, 0) is 54.3 Å². The molecule has 2 aromatic rings. The predicted octanol–water partition coefficient (Wildman–Crippen LogP) is 2.25. The van der Waals surface area contributed by atoms with Crippen molar-refractivity contribution in [3.8, 4) is 11.1 Å². The van der Waals surface area contributed by atoms with Gasteiger partial charge in [0.15, 0.2) is 0 Å². The van der Waals surface area contributed by atoms with Gasteiger partial charge in [-0.2, -0.15) is 17.7 Å². The summed E-state index contributed by atoms with van der Waals surface area (Å²) in [4.78, 5) is 0. The summed E-state index contributed by atoms with van der Waals surface area (Å²) in [7, 11) is 0. The third kappa shape index (κ3) is 6.12. The molecule has 0 aromatic heterocycles.